The van der Waals surface area contributed by atoms with Gasteiger partial charge >= 0.3 is 0 Å². The number of rotatable bonds is 2. The average Bonchev–Trinajstić information content (AvgIpc) is 2.53. The van der Waals surface area contributed by atoms with Crippen molar-refractivity contribution in [1.29, 1.82) is 0 Å². The van der Waals surface area contributed by atoms with Crippen molar-refractivity contribution < 1.29 is 4.79 Å². The van der Waals surface area contributed by atoms with Gasteiger partial charge in [-0.05, 0) is 0 Å². The second-order valence-corrected chi connectivity index (χ2v) is 2.26. The van der Waals surface area contributed by atoms with Crippen LogP contribution in [0.3, 0.4) is 0 Å². The molecule has 11 heavy (non-hydrogen) atoms. The third kappa shape index (κ3) is 1.58. The molecule has 1 amide bonds. The molecular weight excluding hydrogens is 142 g/mol. The highest BCUT2D eigenvalue weighted by Gasteiger charge is 2.07. The molecule has 0 spiro atoms. The molecule has 0 radical (unpaired) electrons. The maximum atomic E-state index is 11.1. The van der Waals surface area contributed by atoms with E-state index in [1.54, 1.807) is 24.3 Å². The Morgan fingerprint density at radius 1 is 1.82 bits per heavy atom. The molecule has 0 unspecified atom stereocenters. The molecule has 4 nitrogen and oxygen atoms in total. The summed E-state index contributed by atoms with van der Waals surface area (Å²) < 4.78 is 0. The van der Waals surface area contributed by atoms with Crippen LogP contribution in [-0.2, 0) is 4.79 Å². The highest BCUT2D eigenvalue weighted by Crippen LogP contribution is 2.08. The molecule has 60 valence electrons. The van der Waals surface area contributed by atoms with E-state index in [0.29, 0.717) is 6.42 Å². The molecule has 0 aliphatic rings. The lowest BCUT2D eigenvalue weighted by molar-refractivity contribution is -0.118. The summed E-state index contributed by atoms with van der Waals surface area (Å²) in [6, 6.07) is 0. The number of aromatic nitrogens is 2. The van der Waals surface area contributed by atoms with Crippen molar-refractivity contribution in [2.75, 3.05) is 11.9 Å². The van der Waals surface area contributed by atoms with Crippen molar-refractivity contribution in [1.82, 2.24) is 10.2 Å². The SMILES string of the molecule is CCC(=O)N(C)c1cn[nH]c1. The van der Waals surface area contributed by atoms with Gasteiger partial charge in [-0.1, -0.05) is 6.92 Å². The van der Waals surface area contributed by atoms with E-state index in [4.69, 9.17) is 0 Å². The Hall–Kier alpha value is -1.32. The first-order valence-corrected chi connectivity index (χ1v) is 3.51. The molecule has 0 saturated heterocycles. The van der Waals surface area contributed by atoms with Crippen LogP contribution in [0.25, 0.3) is 0 Å². The zero-order valence-electron chi connectivity index (χ0n) is 6.66. The molecule has 0 aliphatic carbocycles. The topological polar surface area (TPSA) is 49.0 Å². The molecule has 1 rings (SSSR count). The first-order valence-electron chi connectivity index (χ1n) is 3.51. The Bertz CT molecular complexity index is 230. The lowest BCUT2D eigenvalue weighted by Gasteiger charge is -2.12. The van der Waals surface area contributed by atoms with Crippen LogP contribution < -0.4 is 4.90 Å². The van der Waals surface area contributed by atoms with Gasteiger partial charge in [0.25, 0.3) is 0 Å². The third-order valence-electron chi connectivity index (χ3n) is 1.55. The first-order chi connectivity index (χ1) is 5.25. The molecule has 1 heterocycles. The zero-order valence-corrected chi connectivity index (χ0v) is 6.66. The van der Waals surface area contributed by atoms with Crippen molar-refractivity contribution in [3.05, 3.63) is 12.4 Å². The van der Waals surface area contributed by atoms with Crippen LogP contribution in [0.1, 0.15) is 13.3 Å². The number of amides is 1. The smallest absolute Gasteiger partial charge is 0.226 e. The van der Waals surface area contributed by atoms with Crippen LogP contribution in [0.4, 0.5) is 5.69 Å². The number of nitrogens with zero attached hydrogens (tertiary/aromatic N) is 2. The van der Waals surface area contributed by atoms with Gasteiger partial charge in [0, 0.05) is 19.7 Å². The monoisotopic (exact) mass is 153 g/mol. The molecule has 0 aromatic carbocycles. The lowest BCUT2D eigenvalue weighted by Crippen LogP contribution is -2.24. The van der Waals surface area contributed by atoms with Gasteiger partial charge in [-0.25, -0.2) is 0 Å². The summed E-state index contributed by atoms with van der Waals surface area (Å²) in [5.41, 5.74) is 0.803. The molecule has 1 N–H and O–H groups in total. The number of anilines is 1. The normalized spacial score (nSPS) is 9.64. The minimum atomic E-state index is 0.0893. The van der Waals surface area contributed by atoms with E-state index in [-0.39, 0.29) is 5.91 Å². The van der Waals surface area contributed by atoms with Gasteiger partial charge in [0.15, 0.2) is 0 Å². The fourth-order valence-corrected chi connectivity index (χ4v) is 0.809. The minimum Gasteiger partial charge on any atom is -0.313 e. The van der Waals surface area contributed by atoms with Crippen molar-refractivity contribution in [2.45, 2.75) is 13.3 Å². The van der Waals surface area contributed by atoms with E-state index in [1.807, 2.05) is 6.92 Å². The number of hydrogen-bond acceptors (Lipinski definition) is 2. The molecule has 0 fully saturated rings. The van der Waals surface area contributed by atoms with Crippen LogP contribution in [0.2, 0.25) is 0 Å². The first kappa shape index (κ1) is 7.78. The van der Waals surface area contributed by atoms with Crippen molar-refractivity contribution in [3.63, 3.8) is 0 Å². The van der Waals surface area contributed by atoms with Gasteiger partial charge in [-0.3, -0.25) is 9.89 Å². The average molecular weight is 153 g/mol. The number of hydrogen-bond donors (Lipinski definition) is 1. The van der Waals surface area contributed by atoms with Crippen LogP contribution in [0.5, 0.6) is 0 Å². The third-order valence-corrected chi connectivity index (χ3v) is 1.55. The largest absolute Gasteiger partial charge is 0.313 e. The second kappa shape index (κ2) is 3.18. The Labute approximate surface area is 65.2 Å². The summed E-state index contributed by atoms with van der Waals surface area (Å²) in [5, 5.41) is 6.39. The van der Waals surface area contributed by atoms with Crippen molar-refractivity contribution >= 4 is 11.6 Å². The van der Waals surface area contributed by atoms with E-state index in [1.165, 1.54) is 0 Å². The highest BCUT2D eigenvalue weighted by atomic mass is 16.2. The lowest BCUT2D eigenvalue weighted by atomic mass is 10.4. The van der Waals surface area contributed by atoms with E-state index >= 15 is 0 Å². The maximum Gasteiger partial charge on any atom is 0.226 e. The van der Waals surface area contributed by atoms with Gasteiger partial charge in [-0.15, -0.1) is 0 Å². The fourth-order valence-electron chi connectivity index (χ4n) is 0.809. The maximum absolute atomic E-state index is 11.1. The van der Waals surface area contributed by atoms with E-state index in [0.717, 1.165) is 5.69 Å². The molecule has 0 atom stereocenters. The Morgan fingerprint density at radius 2 is 2.55 bits per heavy atom. The summed E-state index contributed by atoms with van der Waals surface area (Å²) in [5.74, 6) is 0.0893. The summed E-state index contributed by atoms with van der Waals surface area (Å²) in [7, 11) is 1.73. The van der Waals surface area contributed by atoms with Crippen LogP contribution >= 0.6 is 0 Å². The Balaban J connectivity index is 2.70. The highest BCUT2D eigenvalue weighted by molar-refractivity contribution is 5.92. The van der Waals surface area contributed by atoms with Crippen LogP contribution in [0.15, 0.2) is 12.4 Å². The Morgan fingerprint density at radius 3 is 3.00 bits per heavy atom. The second-order valence-electron chi connectivity index (χ2n) is 2.26. The van der Waals surface area contributed by atoms with E-state index in [2.05, 4.69) is 10.2 Å². The predicted octanol–water partition coefficient (Wildman–Crippen LogP) is 0.782. The quantitative estimate of drug-likeness (QED) is 0.682. The van der Waals surface area contributed by atoms with Gasteiger partial charge in [0.2, 0.25) is 5.91 Å². The van der Waals surface area contributed by atoms with E-state index in [9.17, 15) is 4.79 Å². The predicted molar refractivity (Wildman–Crippen MR) is 42.3 cm³/mol. The molecule has 0 aliphatic heterocycles. The van der Waals surface area contributed by atoms with Gasteiger partial charge < -0.3 is 4.90 Å². The number of H-pyrrole nitrogens is 1. The van der Waals surface area contributed by atoms with Gasteiger partial charge in [0.1, 0.15) is 0 Å². The summed E-state index contributed by atoms with van der Waals surface area (Å²) >= 11 is 0. The molecule has 1 aromatic heterocycles. The molecule has 0 bridgehead atoms. The fraction of sp³-hybridized carbons (Fsp3) is 0.429. The minimum absolute atomic E-state index is 0.0893. The standard InChI is InChI=1S/C7H11N3O/c1-3-7(11)10(2)6-4-8-9-5-6/h4-5H,3H2,1-2H3,(H,8,9). The summed E-state index contributed by atoms with van der Waals surface area (Å²) in [4.78, 5) is 12.7. The van der Waals surface area contributed by atoms with Crippen molar-refractivity contribution in [2.24, 2.45) is 0 Å². The molecular formula is C7H11N3O. The van der Waals surface area contributed by atoms with Gasteiger partial charge in [0.05, 0.1) is 11.9 Å². The number of carbonyl (C=O) groups excluding carboxylic acids is 1. The molecule has 0 saturated carbocycles. The number of nitrogens with one attached hydrogen (secondary N) is 1. The van der Waals surface area contributed by atoms with E-state index < -0.39 is 0 Å². The van der Waals surface area contributed by atoms with Gasteiger partial charge in [-0.2, -0.15) is 5.10 Å². The number of aromatic amines is 1. The number of carbonyl (C=O) groups is 1. The summed E-state index contributed by atoms with van der Waals surface area (Å²) in [6.07, 6.45) is 3.82. The van der Waals surface area contributed by atoms with Crippen LogP contribution in [0, 0.1) is 0 Å². The summed E-state index contributed by atoms with van der Waals surface area (Å²) in [6.45, 7) is 1.83. The zero-order chi connectivity index (χ0) is 8.27. The Kier molecular flexibility index (Phi) is 2.25. The van der Waals surface area contributed by atoms with Crippen LogP contribution in [-0.4, -0.2) is 23.2 Å². The van der Waals surface area contributed by atoms with Crippen molar-refractivity contribution in [3.8, 4) is 0 Å². The molecule has 1 aromatic rings. The molecule has 4 heteroatoms.